The van der Waals surface area contributed by atoms with E-state index in [1.165, 1.54) is 6.07 Å². The van der Waals surface area contributed by atoms with Crippen molar-refractivity contribution in [1.82, 2.24) is 10.3 Å². The van der Waals surface area contributed by atoms with E-state index in [2.05, 4.69) is 10.3 Å². The Kier molecular flexibility index (Phi) is 4.04. The molecular formula is C19H15FN2O4. The van der Waals surface area contributed by atoms with E-state index in [1.807, 2.05) is 12.1 Å². The number of aromatic nitrogens is 1. The third kappa shape index (κ3) is 2.99. The normalized spacial score (nSPS) is 12.2. The molecule has 0 bridgehead atoms. The van der Waals surface area contributed by atoms with Crippen LogP contribution in [0.4, 0.5) is 4.39 Å². The predicted octanol–water partition coefficient (Wildman–Crippen LogP) is 3.45. The molecule has 0 aliphatic carbocycles. The van der Waals surface area contributed by atoms with Crippen molar-refractivity contribution in [3.05, 3.63) is 65.3 Å². The molecule has 1 amide bonds. The number of benzene rings is 2. The minimum Gasteiger partial charge on any atom is -0.454 e. The molecule has 7 heteroatoms. The number of nitrogens with one attached hydrogen (secondary N) is 1. The summed E-state index contributed by atoms with van der Waals surface area (Å²) < 4.78 is 29.9. The van der Waals surface area contributed by atoms with Gasteiger partial charge < -0.3 is 19.2 Å². The first kappa shape index (κ1) is 16.1. The number of amides is 1. The maximum Gasteiger partial charge on any atom is 0.273 e. The average molecular weight is 354 g/mol. The highest BCUT2D eigenvalue weighted by Crippen LogP contribution is 2.32. The summed E-state index contributed by atoms with van der Waals surface area (Å²) in [5.74, 6) is 0.881. The molecule has 4 rings (SSSR count). The maximum atomic E-state index is 13.9. The zero-order valence-corrected chi connectivity index (χ0v) is 13.9. The van der Waals surface area contributed by atoms with Gasteiger partial charge in [0.25, 0.3) is 5.91 Å². The molecule has 2 heterocycles. The Morgan fingerprint density at radius 2 is 2.00 bits per heavy atom. The van der Waals surface area contributed by atoms with Crippen molar-refractivity contribution in [2.45, 2.75) is 13.5 Å². The summed E-state index contributed by atoms with van der Waals surface area (Å²) in [6, 6.07) is 11.6. The quantitative estimate of drug-likeness (QED) is 0.777. The van der Waals surface area contributed by atoms with Gasteiger partial charge in [-0.2, -0.15) is 0 Å². The van der Waals surface area contributed by atoms with Crippen LogP contribution in [-0.4, -0.2) is 17.7 Å². The van der Waals surface area contributed by atoms with E-state index >= 15 is 0 Å². The number of fused-ring (bicyclic) bond motifs is 1. The van der Waals surface area contributed by atoms with Crippen LogP contribution in [0.1, 0.15) is 21.8 Å². The van der Waals surface area contributed by atoms with Gasteiger partial charge in [-0.25, -0.2) is 9.37 Å². The Bertz CT molecular complexity index is 983. The third-order valence-corrected chi connectivity index (χ3v) is 4.01. The summed E-state index contributed by atoms with van der Waals surface area (Å²) in [6.07, 6.45) is 0. The van der Waals surface area contributed by atoms with Crippen LogP contribution in [0.5, 0.6) is 11.5 Å². The largest absolute Gasteiger partial charge is 0.454 e. The molecule has 0 saturated heterocycles. The number of carbonyl (C=O) groups excluding carboxylic acids is 1. The number of ether oxygens (including phenoxy) is 2. The molecule has 0 spiro atoms. The molecule has 0 radical (unpaired) electrons. The lowest BCUT2D eigenvalue weighted by molar-refractivity contribution is 0.0945. The number of carbonyl (C=O) groups is 1. The highest BCUT2D eigenvalue weighted by Gasteiger charge is 2.20. The van der Waals surface area contributed by atoms with E-state index < -0.39 is 11.7 Å². The van der Waals surface area contributed by atoms with E-state index in [1.54, 1.807) is 31.2 Å². The van der Waals surface area contributed by atoms with Gasteiger partial charge in [0.1, 0.15) is 11.6 Å². The van der Waals surface area contributed by atoms with Gasteiger partial charge in [-0.1, -0.05) is 18.2 Å². The molecule has 1 aliphatic heterocycles. The molecule has 0 unspecified atom stereocenters. The lowest BCUT2D eigenvalue weighted by atomic mass is 10.2. The fourth-order valence-electron chi connectivity index (χ4n) is 2.67. The lowest BCUT2D eigenvalue weighted by Gasteiger charge is -2.05. The van der Waals surface area contributed by atoms with Gasteiger partial charge in [-0.3, -0.25) is 4.79 Å². The first-order chi connectivity index (χ1) is 12.6. The zero-order valence-electron chi connectivity index (χ0n) is 13.9. The van der Waals surface area contributed by atoms with E-state index in [9.17, 15) is 9.18 Å². The van der Waals surface area contributed by atoms with Gasteiger partial charge in [0, 0.05) is 6.54 Å². The molecule has 0 saturated carbocycles. The Hall–Kier alpha value is -3.35. The SMILES string of the molecule is Cc1oc(-c2ccccc2F)nc1C(=O)NCc1ccc2c(c1)OCO2. The van der Waals surface area contributed by atoms with Crippen molar-refractivity contribution in [2.24, 2.45) is 0 Å². The lowest BCUT2D eigenvalue weighted by Crippen LogP contribution is -2.23. The van der Waals surface area contributed by atoms with Crippen LogP contribution < -0.4 is 14.8 Å². The Balaban J connectivity index is 1.49. The minimum absolute atomic E-state index is 0.0776. The third-order valence-electron chi connectivity index (χ3n) is 4.01. The number of aryl methyl sites for hydroxylation is 1. The van der Waals surface area contributed by atoms with Crippen LogP contribution >= 0.6 is 0 Å². The number of nitrogens with zero attached hydrogens (tertiary/aromatic N) is 1. The average Bonchev–Trinajstić information content (AvgIpc) is 3.26. The first-order valence-corrected chi connectivity index (χ1v) is 8.01. The van der Waals surface area contributed by atoms with Crippen molar-refractivity contribution < 1.29 is 23.1 Å². The summed E-state index contributed by atoms with van der Waals surface area (Å²) in [6.45, 7) is 2.10. The first-order valence-electron chi connectivity index (χ1n) is 8.01. The standard InChI is InChI=1S/C19H15FN2O4/c1-11-17(22-19(26-11)13-4-2-3-5-14(13)20)18(23)21-9-12-6-7-15-16(8-12)25-10-24-15/h2-8H,9-10H2,1H3,(H,21,23). The Labute approximate surface area is 148 Å². The van der Waals surface area contributed by atoms with Crippen molar-refractivity contribution in [3.63, 3.8) is 0 Å². The summed E-state index contributed by atoms with van der Waals surface area (Å²) >= 11 is 0. The van der Waals surface area contributed by atoms with Crippen molar-refractivity contribution in [3.8, 4) is 23.0 Å². The van der Waals surface area contributed by atoms with Gasteiger partial charge in [-0.05, 0) is 36.8 Å². The molecule has 0 atom stereocenters. The molecule has 1 aromatic heterocycles. The summed E-state index contributed by atoms with van der Waals surface area (Å²) in [4.78, 5) is 16.6. The smallest absolute Gasteiger partial charge is 0.273 e. The molecule has 26 heavy (non-hydrogen) atoms. The van der Waals surface area contributed by atoms with Gasteiger partial charge >= 0.3 is 0 Å². The van der Waals surface area contributed by atoms with Crippen molar-refractivity contribution in [2.75, 3.05) is 6.79 Å². The molecule has 1 N–H and O–H groups in total. The Morgan fingerprint density at radius 3 is 2.85 bits per heavy atom. The van der Waals surface area contributed by atoms with Crippen LogP contribution in [0.15, 0.2) is 46.9 Å². The van der Waals surface area contributed by atoms with Crippen LogP contribution in [0.2, 0.25) is 0 Å². The minimum atomic E-state index is -0.457. The molecule has 6 nitrogen and oxygen atoms in total. The maximum absolute atomic E-state index is 13.9. The molecule has 1 aliphatic rings. The highest BCUT2D eigenvalue weighted by molar-refractivity contribution is 5.93. The fraction of sp³-hybridized carbons (Fsp3) is 0.158. The predicted molar refractivity (Wildman–Crippen MR) is 90.4 cm³/mol. The topological polar surface area (TPSA) is 73.6 Å². The molecule has 0 fully saturated rings. The summed E-state index contributed by atoms with van der Waals surface area (Å²) in [5, 5.41) is 2.78. The van der Waals surface area contributed by atoms with Gasteiger partial charge in [0.05, 0.1) is 5.56 Å². The van der Waals surface area contributed by atoms with E-state index in [-0.39, 0.29) is 30.5 Å². The van der Waals surface area contributed by atoms with Gasteiger partial charge in [0.15, 0.2) is 17.2 Å². The second-order valence-corrected chi connectivity index (χ2v) is 5.77. The van der Waals surface area contributed by atoms with Crippen LogP contribution in [0, 0.1) is 12.7 Å². The number of oxazole rings is 1. The number of halogens is 1. The Morgan fingerprint density at radius 1 is 1.19 bits per heavy atom. The fourth-order valence-corrected chi connectivity index (χ4v) is 2.67. The van der Waals surface area contributed by atoms with E-state index in [0.29, 0.717) is 17.3 Å². The van der Waals surface area contributed by atoms with Gasteiger partial charge in [-0.15, -0.1) is 0 Å². The monoisotopic (exact) mass is 354 g/mol. The summed E-state index contributed by atoms with van der Waals surface area (Å²) in [5.41, 5.74) is 1.20. The van der Waals surface area contributed by atoms with Crippen molar-refractivity contribution in [1.29, 1.82) is 0 Å². The second kappa shape index (κ2) is 6.51. The number of hydrogen-bond acceptors (Lipinski definition) is 5. The van der Waals surface area contributed by atoms with Crippen molar-refractivity contribution >= 4 is 5.91 Å². The molecule has 132 valence electrons. The zero-order chi connectivity index (χ0) is 18.1. The van der Waals surface area contributed by atoms with Crippen LogP contribution in [0.3, 0.4) is 0 Å². The summed E-state index contributed by atoms with van der Waals surface area (Å²) in [7, 11) is 0. The van der Waals surface area contributed by atoms with E-state index in [0.717, 1.165) is 5.56 Å². The molecular weight excluding hydrogens is 339 g/mol. The molecule has 3 aromatic rings. The van der Waals surface area contributed by atoms with Crippen LogP contribution in [-0.2, 0) is 6.54 Å². The van der Waals surface area contributed by atoms with E-state index in [4.69, 9.17) is 13.9 Å². The number of hydrogen-bond donors (Lipinski definition) is 1. The van der Waals surface area contributed by atoms with Crippen LogP contribution in [0.25, 0.3) is 11.5 Å². The highest BCUT2D eigenvalue weighted by atomic mass is 19.1. The number of rotatable bonds is 4. The van der Waals surface area contributed by atoms with Gasteiger partial charge in [0.2, 0.25) is 12.7 Å². The second-order valence-electron chi connectivity index (χ2n) is 5.77. The molecule has 2 aromatic carbocycles.